The van der Waals surface area contributed by atoms with Gasteiger partial charge >= 0.3 is 0 Å². The normalized spacial score (nSPS) is 12.7. The van der Waals surface area contributed by atoms with Crippen LogP contribution < -0.4 is 10.0 Å². The second-order valence-electron chi connectivity index (χ2n) is 5.15. The van der Waals surface area contributed by atoms with Crippen molar-refractivity contribution in [1.82, 2.24) is 10.0 Å². The largest absolute Gasteiger partial charge is 0.316 e. The van der Waals surface area contributed by atoms with Gasteiger partial charge in [-0.15, -0.1) is 0 Å². The number of hydrogen-bond acceptors (Lipinski definition) is 3. The Balaban J connectivity index is 3.19. The minimum Gasteiger partial charge on any atom is -0.316 e. The summed E-state index contributed by atoms with van der Waals surface area (Å²) in [5.74, 6) is -0.744. The summed E-state index contributed by atoms with van der Waals surface area (Å²) >= 11 is 0. The van der Waals surface area contributed by atoms with E-state index in [9.17, 15) is 12.8 Å². The van der Waals surface area contributed by atoms with E-state index < -0.39 is 21.4 Å². The molecule has 4 nitrogen and oxygen atoms in total. The van der Waals surface area contributed by atoms with Crippen molar-refractivity contribution in [1.29, 1.82) is 0 Å². The molecule has 0 amide bonds. The zero-order valence-corrected chi connectivity index (χ0v) is 11.9. The van der Waals surface area contributed by atoms with Crippen LogP contribution in [0.1, 0.15) is 26.3 Å². The Bertz CT molecular complexity index is 521. The second kappa shape index (κ2) is 5.34. The first kappa shape index (κ1) is 15.1. The Morgan fingerprint density at radius 2 is 1.89 bits per heavy atom. The Morgan fingerprint density at radius 3 is 2.39 bits per heavy atom. The molecule has 0 aromatic heterocycles. The van der Waals surface area contributed by atoms with Gasteiger partial charge in [-0.1, -0.05) is 6.07 Å². The van der Waals surface area contributed by atoms with Gasteiger partial charge < -0.3 is 5.32 Å². The molecular weight excluding hydrogens is 255 g/mol. The van der Waals surface area contributed by atoms with Gasteiger partial charge in [0.2, 0.25) is 10.0 Å². The zero-order valence-electron chi connectivity index (χ0n) is 11.0. The predicted octanol–water partition coefficient (Wildman–Crippen LogP) is 1.62. The highest BCUT2D eigenvalue weighted by Crippen LogP contribution is 2.18. The molecule has 0 aliphatic heterocycles. The van der Waals surface area contributed by atoms with Crippen molar-refractivity contribution >= 4 is 10.0 Å². The first-order valence-corrected chi connectivity index (χ1v) is 7.11. The average molecular weight is 274 g/mol. The minimum atomic E-state index is -3.84. The molecule has 0 saturated carbocycles. The van der Waals surface area contributed by atoms with E-state index in [-0.39, 0.29) is 4.90 Å². The van der Waals surface area contributed by atoms with Crippen molar-refractivity contribution in [3.05, 3.63) is 29.6 Å². The molecule has 0 spiro atoms. The van der Waals surface area contributed by atoms with Crippen LogP contribution in [0.2, 0.25) is 0 Å². The lowest BCUT2D eigenvalue weighted by atomic mass is 10.1. The molecule has 0 atom stereocenters. The first-order valence-electron chi connectivity index (χ1n) is 5.63. The fraction of sp³-hybridized carbons (Fsp3) is 0.500. The molecule has 18 heavy (non-hydrogen) atoms. The maximum Gasteiger partial charge on any atom is 0.243 e. The number of sulfonamides is 1. The van der Waals surface area contributed by atoms with Crippen molar-refractivity contribution in [2.75, 3.05) is 7.05 Å². The lowest BCUT2D eigenvalue weighted by Crippen LogP contribution is -2.40. The van der Waals surface area contributed by atoms with Crippen LogP contribution in [-0.4, -0.2) is 21.0 Å². The number of rotatable bonds is 4. The van der Waals surface area contributed by atoms with Crippen LogP contribution in [0, 0.1) is 5.82 Å². The van der Waals surface area contributed by atoms with Crippen molar-refractivity contribution < 1.29 is 12.8 Å². The summed E-state index contributed by atoms with van der Waals surface area (Å²) in [6.45, 7) is 5.61. The smallest absolute Gasteiger partial charge is 0.243 e. The van der Waals surface area contributed by atoms with Gasteiger partial charge in [-0.2, -0.15) is 0 Å². The zero-order chi connectivity index (χ0) is 14.0. The molecule has 1 aromatic rings. The van der Waals surface area contributed by atoms with E-state index in [1.54, 1.807) is 33.9 Å². The molecule has 0 unspecified atom stereocenters. The topological polar surface area (TPSA) is 58.2 Å². The van der Waals surface area contributed by atoms with Gasteiger partial charge in [0, 0.05) is 12.1 Å². The van der Waals surface area contributed by atoms with E-state index in [1.807, 2.05) is 0 Å². The van der Waals surface area contributed by atoms with Gasteiger partial charge in [0.25, 0.3) is 0 Å². The average Bonchev–Trinajstić information content (AvgIpc) is 2.17. The molecule has 1 aromatic carbocycles. The first-order chi connectivity index (χ1) is 8.15. The van der Waals surface area contributed by atoms with E-state index in [0.717, 1.165) is 0 Å². The number of nitrogens with one attached hydrogen (secondary N) is 2. The van der Waals surface area contributed by atoms with Gasteiger partial charge in [0.05, 0.1) is 0 Å². The molecule has 6 heteroatoms. The molecule has 0 saturated heterocycles. The van der Waals surface area contributed by atoms with E-state index in [4.69, 9.17) is 0 Å². The summed E-state index contributed by atoms with van der Waals surface area (Å²) in [5, 5.41) is 2.89. The van der Waals surface area contributed by atoms with Crippen molar-refractivity contribution in [3.63, 3.8) is 0 Å². The highest BCUT2D eigenvalue weighted by Gasteiger charge is 2.25. The second-order valence-corrected chi connectivity index (χ2v) is 6.80. The van der Waals surface area contributed by atoms with E-state index in [1.165, 1.54) is 12.1 Å². The summed E-state index contributed by atoms with van der Waals surface area (Å²) in [6, 6.07) is 4.08. The molecule has 0 aliphatic carbocycles. The number of hydrogen-bond donors (Lipinski definition) is 2. The van der Waals surface area contributed by atoms with E-state index in [2.05, 4.69) is 10.0 Å². The van der Waals surface area contributed by atoms with Gasteiger partial charge in [-0.25, -0.2) is 17.5 Å². The van der Waals surface area contributed by atoms with Crippen molar-refractivity contribution in [2.45, 2.75) is 37.8 Å². The molecule has 0 fully saturated rings. The van der Waals surface area contributed by atoms with Gasteiger partial charge in [0.1, 0.15) is 10.7 Å². The Labute approximate surface area is 108 Å². The monoisotopic (exact) mass is 274 g/mol. The van der Waals surface area contributed by atoms with Crippen LogP contribution in [0.3, 0.4) is 0 Å². The van der Waals surface area contributed by atoms with Gasteiger partial charge in [0.15, 0.2) is 0 Å². The van der Waals surface area contributed by atoms with Crippen molar-refractivity contribution in [3.8, 4) is 0 Å². The molecule has 0 radical (unpaired) electrons. The molecule has 2 N–H and O–H groups in total. The highest BCUT2D eigenvalue weighted by atomic mass is 32.2. The third kappa shape index (κ3) is 4.04. The standard InChI is InChI=1S/C12H19FN2O2S/c1-12(2,3)15-18(16,17)11-7-9(8-14-4)5-6-10(11)13/h5-7,14-15H,8H2,1-4H3. The Hall–Kier alpha value is -0.980. The van der Waals surface area contributed by atoms with Gasteiger partial charge in [-0.3, -0.25) is 0 Å². The van der Waals surface area contributed by atoms with Crippen LogP contribution in [0.15, 0.2) is 23.1 Å². The summed E-state index contributed by atoms with van der Waals surface area (Å²) in [6.07, 6.45) is 0. The summed E-state index contributed by atoms with van der Waals surface area (Å²) in [5.41, 5.74) is 0.0674. The molecule has 102 valence electrons. The molecule has 0 aliphatic rings. The summed E-state index contributed by atoms with van der Waals surface area (Å²) in [4.78, 5) is -0.315. The highest BCUT2D eigenvalue weighted by molar-refractivity contribution is 7.89. The number of benzene rings is 1. The maximum atomic E-state index is 13.6. The van der Waals surface area contributed by atoms with Gasteiger partial charge in [-0.05, 0) is 45.5 Å². The maximum absolute atomic E-state index is 13.6. The minimum absolute atomic E-state index is 0.315. The van der Waals surface area contributed by atoms with Crippen LogP contribution in [0.25, 0.3) is 0 Å². The Kier molecular flexibility index (Phi) is 4.47. The van der Waals surface area contributed by atoms with Crippen molar-refractivity contribution in [2.24, 2.45) is 0 Å². The fourth-order valence-corrected chi connectivity index (χ4v) is 3.07. The lowest BCUT2D eigenvalue weighted by Gasteiger charge is -2.20. The fourth-order valence-electron chi connectivity index (χ4n) is 1.53. The van der Waals surface area contributed by atoms with Crippen LogP contribution in [-0.2, 0) is 16.6 Å². The quantitative estimate of drug-likeness (QED) is 0.877. The molecular formula is C12H19FN2O2S. The summed E-state index contributed by atoms with van der Waals surface area (Å²) < 4.78 is 40.2. The van der Waals surface area contributed by atoms with Crippen LogP contribution in [0.5, 0.6) is 0 Å². The SMILES string of the molecule is CNCc1ccc(F)c(S(=O)(=O)NC(C)(C)C)c1. The van der Waals surface area contributed by atoms with E-state index in [0.29, 0.717) is 12.1 Å². The molecule has 1 rings (SSSR count). The third-order valence-corrected chi connectivity index (χ3v) is 3.88. The lowest BCUT2D eigenvalue weighted by molar-refractivity contribution is 0.486. The number of halogens is 1. The Morgan fingerprint density at radius 1 is 1.28 bits per heavy atom. The van der Waals surface area contributed by atoms with Crippen LogP contribution in [0.4, 0.5) is 4.39 Å². The van der Waals surface area contributed by atoms with Crippen LogP contribution >= 0.6 is 0 Å². The predicted molar refractivity (Wildman–Crippen MR) is 69.2 cm³/mol. The molecule has 0 heterocycles. The third-order valence-electron chi connectivity index (χ3n) is 2.11. The van der Waals surface area contributed by atoms with E-state index >= 15 is 0 Å². The molecule has 0 bridgehead atoms. The summed E-state index contributed by atoms with van der Waals surface area (Å²) in [7, 11) is -2.10.